The van der Waals surface area contributed by atoms with Crippen LogP contribution in [0.2, 0.25) is 0 Å². The van der Waals surface area contributed by atoms with Gasteiger partial charge in [0.1, 0.15) is 0 Å². The van der Waals surface area contributed by atoms with Crippen LogP contribution in [0.1, 0.15) is 22.3 Å². The summed E-state index contributed by atoms with van der Waals surface area (Å²) in [7, 11) is 0. The van der Waals surface area contributed by atoms with E-state index in [-0.39, 0.29) is 11.4 Å². The molecule has 0 aliphatic rings. The first-order chi connectivity index (χ1) is 16.2. The summed E-state index contributed by atoms with van der Waals surface area (Å²) in [5, 5.41) is 4.15. The summed E-state index contributed by atoms with van der Waals surface area (Å²) in [5.41, 5.74) is -2.67. The topological polar surface area (TPSA) is 24.1 Å². The van der Waals surface area contributed by atoms with Crippen molar-refractivity contribution in [1.82, 2.24) is 0 Å². The van der Waals surface area contributed by atoms with E-state index in [1.54, 1.807) is 0 Å². The third kappa shape index (κ3) is 11.8. The maximum atomic E-state index is 12.8. The largest absolute Gasteiger partial charge is 0.393 e. The van der Waals surface area contributed by atoms with Gasteiger partial charge in [-0.2, -0.15) is 52.7 Å². The van der Waals surface area contributed by atoms with Crippen molar-refractivity contribution in [3.8, 4) is 0 Å². The fraction of sp³-hybridized carbons (Fsp3) is 0.381. The minimum absolute atomic E-state index is 0.296. The summed E-state index contributed by atoms with van der Waals surface area (Å²) in [6.45, 7) is 0. The number of rotatable bonds is 6. The van der Waals surface area contributed by atoms with Gasteiger partial charge in [0.15, 0.2) is 5.11 Å². The zero-order valence-corrected chi connectivity index (χ0v) is 18.6. The molecular formula is C21H16F12N2S. The van der Waals surface area contributed by atoms with Crippen LogP contribution in [0.4, 0.5) is 64.1 Å². The van der Waals surface area contributed by atoms with Crippen LogP contribution in [-0.4, -0.2) is 29.8 Å². The molecule has 15 heteroatoms. The summed E-state index contributed by atoms with van der Waals surface area (Å²) in [6, 6.07) is 4.92. The summed E-state index contributed by atoms with van der Waals surface area (Å²) in [5.74, 6) is 0. The highest BCUT2D eigenvalue weighted by molar-refractivity contribution is 7.80. The summed E-state index contributed by atoms with van der Waals surface area (Å²) < 4.78 is 153. The van der Waals surface area contributed by atoms with Crippen LogP contribution in [0.15, 0.2) is 36.4 Å². The molecule has 0 aliphatic carbocycles. The number of halogens is 12. The molecular weight excluding hydrogens is 540 g/mol. The lowest BCUT2D eigenvalue weighted by Crippen LogP contribution is -2.21. The SMILES string of the molecule is FC(F)(F)Cc1cc(CC(F)(F)F)cc(NC(=S)Nc2cc(CC(F)(F)F)cc(CC(F)(F)F)c2)c1. The first kappa shape index (κ1) is 29.5. The highest BCUT2D eigenvalue weighted by Gasteiger charge is 2.32. The number of nitrogens with one attached hydrogen (secondary N) is 2. The molecule has 2 nitrogen and oxygen atoms in total. The van der Waals surface area contributed by atoms with Crippen LogP contribution >= 0.6 is 12.2 Å². The van der Waals surface area contributed by atoms with E-state index < -0.39 is 77.8 Å². The molecule has 0 unspecified atom stereocenters. The Bertz CT molecular complexity index is 917. The van der Waals surface area contributed by atoms with Crippen LogP contribution in [0, 0.1) is 0 Å². The molecule has 36 heavy (non-hydrogen) atoms. The first-order valence-corrected chi connectivity index (χ1v) is 10.2. The number of thiocarbonyl (C=S) groups is 1. The van der Waals surface area contributed by atoms with E-state index in [2.05, 4.69) is 10.6 Å². The third-order valence-corrected chi connectivity index (χ3v) is 4.44. The number of hydrogen-bond acceptors (Lipinski definition) is 1. The van der Waals surface area contributed by atoms with E-state index >= 15 is 0 Å². The molecule has 0 amide bonds. The summed E-state index contributed by atoms with van der Waals surface area (Å²) in [4.78, 5) is 0. The fourth-order valence-electron chi connectivity index (χ4n) is 3.30. The normalized spacial score (nSPS) is 13.0. The van der Waals surface area contributed by atoms with Crippen molar-refractivity contribution in [2.75, 3.05) is 10.6 Å². The van der Waals surface area contributed by atoms with Gasteiger partial charge in [0.05, 0.1) is 25.7 Å². The monoisotopic (exact) mass is 556 g/mol. The Morgan fingerprint density at radius 2 is 0.694 bits per heavy atom. The van der Waals surface area contributed by atoms with Crippen molar-refractivity contribution < 1.29 is 52.7 Å². The predicted octanol–water partition coefficient (Wildman–Crippen LogP) is 7.91. The maximum absolute atomic E-state index is 12.8. The van der Waals surface area contributed by atoms with Crippen molar-refractivity contribution in [1.29, 1.82) is 0 Å². The van der Waals surface area contributed by atoms with Crippen LogP contribution in [0.5, 0.6) is 0 Å². The van der Waals surface area contributed by atoms with E-state index in [4.69, 9.17) is 12.2 Å². The Balaban J connectivity index is 2.31. The van der Waals surface area contributed by atoms with Crippen molar-refractivity contribution in [2.45, 2.75) is 50.4 Å². The van der Waals surface area contributed by atoms with Gasteiger partial charge in [-0.25, -0.2) is 0 Å². The minimum Gasteiger partial charge on any atom is -0.332 e. The maximum Gasteiger partial charge on any atom is 0.393 e. The minimum atomic E-state index is -4.74. The van der Waals surface area contributed by atoms with Gasteiger partial charge in [-0.3, -0.25) is 0 Å². The molecule has 2 aromatic rings. The number of alkyl halides is 12. The van der Waals surface area contributed by atoms with Crippen LogP contribution < -0.4 is 10.6 Å². The van der Waals surface area contributed by atoms with Crippen molar-refractivity contribution in [2.24, 2.45) is 0 Å². The third-order valence-electron chi connectivity index (χ3n) is 4.24. The molecule has 2 rings (SSSR count). The molecule has 0 fully saturated rings. The van der Waals surface area contributed by atoms with Crippen molar-refractivity contribution in [3.63, 3.8) is 0 Å². The van der Waals surface area contributed by atoms with Gasteiger partial charge in [0, 0.05) is 11.4 Å². The molecule has 2 aromatic carbocycles. The average Bonchev–Trinajstić information content (AvgIpc) is 2.54. The molecule has 200 valence electrons. The van der Waals surface area contributed by atoms with Gasteiger partial charge in [-0.1, -0.05) is 12.1 Å². The molecule has 0 spiro atoms. The Kier molecular flexibility index (Phi) is 8.80. The number of benzene rings is 2. The van der Waals surface area contributed by atoms with E-state index in [9.17, 15) is 52.7 Å². The second kappa shape index (κ2) is 10.7. The molecule has 0 atom stereocenters. The molecule has 2 N–H and O–H groups in total. The standard InChI is InChI=1S/C21H16F12N2S/c22-18(23,24)7-11-1-12(8-19(25,26)27)4-15(3-11)34-17(36)35-16-5-13(9-20(28,29)30)2-14(6-16)10-21(31,32)33/h1-6H,7-10H2,(H2,34,35,36). The van der Waals surface area contributed by atoms with Crippen molar-refractivity contribution >= 4 is 28.7 Å². The lowest BCUT2D eigenvalue weighted by molar-refractivity contribution is -0.129. The molecule has 0 aromatic heterocycles. The molecule has 0 saturated heterocycles. The van der Waals surface area contributed by atoms with Crippen molar-refractivity contribution in [3.05, 3.63) is 58.7 Å². The number of anilines is 2. The Morgan fingerprint density at radius 1 is 0.472 bits per heavy atom. The molecule has 0 heterocycles. The highest BCUT2D eigenvalue weighted by atomic mass is 32.1. The second-order valence-corrected chi connectivity index (χ2v) is 8.23. The van der Waals surface area contributed by atoms with E-state index in [1.807, 2.05) is 0 Å². The highest BCUT2D eigenvalue weighted by Crippen LogP contribution is 2.30. The molecule has 0 saturated carbocycles. The molecule has 0 aliphatic heterocycles. The van der Waals surface area contributed by atoms with E-state index in [1.165, 1.54) is 0 Å². The van der Waals surface area contributed by atoms with Crippen LogP contribution in [0.25, 0.3) is 0 Å². The quantitative estimate of drug-likeness (QED) is 0.279. The average molecular weight is 556 g/mol. The van der Waals surface area contributed by atoms with Gasteiger partial charge >= 0.3 is 24.7 Å². The van der Waals surface area contributed by atoms with Gasteiger partial charge in [-0.15, -0.1) is 0 Å². The smallest absolute Gasteiger partial charge is 0.332 e. The van der Waals surface area contributed by atoms with Gasteiger partial charge in [0.2, 0.25) is 0 Å². The van der Waals surface area contributed by atoms with Gasteiger partial charge in [-0.05, 0) is 58.7 Å². The fourth-order valence-corrected chi connectivity index (χ4v) is 3.53. The number of hydrogen-bond donors (Lipinski definition) is 2. The molecule has 0 radical (unpaired) electrons. The first-order valence-electron chi connectivity index (χ1n) is 9.76. The zero-order valence-electron chi connectivity index (χ0n) is 17.7. The predicted molar refractivity (Wildman–Crippen MR) is 112 cm³/mol. The molecule has 0 bridgehead atoms. The Hall–Kier alpha value is -2.71. The van der Waals surface area contributed by atoms with Gasteiger partial charge in [0.25, 0.3) is 0 Å². The van der Waals surface area contributed by atoms with E-state index in [0.29, 0.717) is 12.1 Å². The Labute approximate surface area is 201 Å². The van der Waals surface area contributed by atoms with Gasteiger partial charge < -0.3 is 10.6 Å². The van der Waals surface area contributed by atoms with Crippen LogP contribution in [0.3, 0.4) is 0 Å². The Morgan fingerprint density at radius 3 is 0.889 bits per heavy atom. The summed E-state index contributed by atoms with van der Waals surface area (Å²) >= 11 is 4.92. The summed E-state index contributed by atoms with van der Waals surface area (Å²) in [6.07, 6.45) is -25.1. The van der Waals surface area contributed by atoms with E-state index in [0.717, 1.165) is 24.3 Å². The second-order valence-electron chi connectivity index (χ2n) is 7.82. The van der Waals surface area contributed by atoms with Crippen LogP contribution in [-0.2, 0) is 25.7 Å². The zero-order chi connectivity index (χ0) is 27.5. The lowest BCUT2D eigenvalue weighted by Gasteiger charge is -2.17. The lowest BCUT2D eigenvalue weighted by atomic mass is 10.0.